The Morgan fingerprint density at radius 2 is 0.727 bits per heavy atom. The lowest BCUT2D eigenvalue weighted by Crippen LogP contribution is -2.24. The Bertz CT molecular complexity index is 1750. The molecule has 4 aromatic carbocycles. The molecule has 6 rings (SSSR count). The monoisotopic (exact) mass is 614 g/mol. The van der Waals surface area contributed by atoms with Crippen molar-refractivity contribution in [3.8, 4) is 47.4 Å². The molecule has 2 N–H and O–H groups in total. The summed E-state index contributed by atoms with van der Waals surface area (Å²) in [5, 5.41) is 17.2. The Morgan fingerprint density at radius 3 is 1.02 bits per heavy atom. The maximum absolute atomic E-state index is 12.7. The summed E-state index contributed by atoms with van der Waals surface area (Å²) in [6, 6.07) is 30.6. The molecule has 2 aliphatic heterocycles. The molecule has 216 valence electrons. The highest BCUT2D eigenvalue weighted by molar-refractivity contribution is 7.85. The second-order valence-corrected chi connectivity index (χ2v) is 11.9. The lowest BCUT2D eigenvalue weighted by atomic mass is 10.2. The van der Waals surface area contributed by atoms with Gasteiger partial charge < -0.3 is 20.0 Å². The van der Waals surface area contributed by atoms with Gasteiger partial charge in [-0.05, 0) is 72.2 Å². The molecule has 0 unspecified atom stereocenters. The van der Waals surface area contributed by atoms with Crippen LogP contribution in [0.3, 0.4) is 0 Å². The number of aliphatic hydroxyl groups is 2. The van der Waals surface area contributed by atoms with Crippen LogP contribution in [0.4, 0.5) is 22.7 Å². The quantitative estimate of drug-likeness (QED) is 0.321. The first kappa shape index (κ1) is 30.4. The lowest BCUT2D eigenvalue weighted by molar-refractivity contribution is 0.350. The van der Waals surface area contributed by atoms with E-state index in [1.807, 2.05) is 107 Å². The summed E-state index contributed by atoms with van der Waals surface area (Å²) in [7, 11) is -2.34. The van der Waals surface area contributed by atoms with E-state index in [4.69, 9.17) is 10.2 Å². The van der Waals surface area contributed by atoms with Crippen molar-refractivity contribution in [1.82, 2.24) is 0 Å². The summed E-state index contributed by atoms with van der Waals surface area (Å²) in [6.07, 6.45) is 0. The average molecular weight is 615 g/mol. The standard InChI is InChI=1S/2C18H13NO2S/c2*20-14-8-2-1-7-13-19-15-9-3-5-11-17(15)22(21)18-12-6-4-10-16(18)19/h2*3-6,9-12,20H,13-14H2. The fraction of sp³-hybridized carbons (Fsp3) is 0.111. The van der Waals surface area contributed by atoms with Crippen LogP contribution in [0.15, 0.2) is 117 Å². The van der Waals surface area contributed by atoms with Crippen molar-refractivity contribution >= 4 is 44.3 Å². The maximum Gasteiger partial charge on any atom is 0.105 e. The number of fused-ring (bicyclic) bond motifs is 4. The van der Waals surface area contributed by atoms with E-state index in [1.54, 1.807) is 0 Å². The summed E-state index contributed by atoms with van der Waals surface area (Å²) < 4.78 is 25.3. The van der Waals surface area contributed by atoms with Gasteiger partial charge in [0.15, 0.2) is 0 Å². The van der Waals surface area contributed by atoms with Crippen molar-refractivity contribution in [2.45, 2.75) is 19.6 Å². The van der Waals surface area contributed by atoms with Gasteiger partial charge in [-0.15, -0.1) is 0 Å². The minimum atomic E-state index is -1.17. The molecule has 0 saturated heterocycles. The number of rotatable bonds is 2. The van der Waals surface area contributed by atoms with Crippen LogP contribution in [0.25, 0.3) is 0 Å². The number of hydrogen-bond donors (Lipinski definition) is 2. The van der Waals surface area contributed by atoms with Gasteiger partial charge in [0.2, 0.25) is 0 Å². The van der Waals surface area contributed by atoms with E-state index < -0.39 is 21.6 Å². The van der Waals surface area contributed by atoms with Gasteiger partial charge in [-0.3, -0.25) is 0 Å². The molecule has 0 fully saturated rings. The molecule has 0 saturated carbocycles. The van der Waals surface area contributed by atoms with Crippen LogP contribution in [0.1, 0.15) is 0 Å². The van der Waals surface area contributed by atoms with E-state index in [9.17, 15) is 8.42 Å². The van der Waals surface area contributed by atoms with E-state index in [2.05, 4.69) is 47.4 Å². The number of nitrogens with zero attached hydrogens (tertiary/aromatic N) is 2. The molecule has 0 radical (unpaired) electrons. The first-order chi connectivity index (χ1) is 21.7. The van der Waals surface area contributed by atoms with E-state index in [0.717, 1.165) is 42.3 Å². The summed E-state index contributed by atoms with van der Waals surface area (Å²) in [6.45, 7) is 0.517. The van der Waals surface area contributed by atoms with Crippen molar-refractivity contribution < 1.29 is 18.6 Å². The van der Waals surface area contributed by atoms with Crippen LogP contribution < -0.4 is 9.80 Å². The van der Waals surface area contributed by atoms with Crippen molar-refractivity contribution in [3.63, 3.8) is 0 Å². The summed E-state index contributed by atoms with van der Waals surface area (Å²) in [4.78, 5) is 7.27. The molecule has 0 aromatic heterocycles. The Labute approximate surface area is 262 Å². The molecule has 0 aliphatic carbocycles. The Morgan fingerprint density at radius 1 is 0.455 bits per heavy atom. The maximum atomic E-state index is 12.7. The van der Waals surface area contributed by atoms with E-state index in [-0.39, 0.29) is 13.2 Å². The molecule has 0 bridgehead atoms. The zero-order valence-corrected chi connectivity index (χ0v) is 25.1. The van der Waals surface area contributed by atoms with Crippen molar-refractivity contribution in [3.05, 3.63) is 97.1 Å². The van der Waals surface area contributed by atoms with Gasteiger partial charge in [-0.25, -0.2) is 8.42 Å². The van der Waals surface area contributed by atoms with Gasteiger partial charge in [0, 0.05) is 0 Å². The molecular formula is C36H26N2O4S2. The fourth-order valence-corrected chi connectivity index (χ4v) is 7.43. The predicted molar refractivity (Wildman–Crippen MR) is 174 cm³/mol. The highest BCUT2D eigenvalue weighted by Crippen LogP contribution is 2.42. The number of hydrogen-bond acceptors (Lipinski definition) is 6. The van der Waals surface area contributed by atoms with Crippen LogP contribution in [0.5, 0.6) is 0 Å². The van der Waals surface area contributed by atoms with Gasteiger partial charge in [0.1, 0.15) is 13.2 Å². The van der Waals surface area contributed by atoms with Gasteiger partial charge in [0.25, 0.3) is 0 Å². The zero-order chi connectivity index (χ0) is 30.7. The Kier molecular flexibility index (Phi) is 10.3. The van der Waals surface area contributed by atoms with Crippen LogP contribution in [-0.4, -0.2) is 44.9 Å². The summed E-state index contributed by atoms with van der Waals surface area (Å²) in [5.74, 6) is 21.6. The van der Waals surface area contributed by atoms with E-state index in [0.29, 0.717) is 13.1 Å². The SMILES string of the molecule is O=S1c2ccccc2N(CC#CC#CCO)c2ccccc21.O=S1c2ccccc2N(CC#CC#CCO)c2ccccc21. The molecule has 0 atom stereocenters. The van der Waals surface area contributed by atoms with Gasteiger partial charge in [0.05, 0.1) is 77.0 Å². The highest BCUT2D eigenvalue weighted by Gasteiger charge is 2.28. The molecule has 0 amide bonds. The van der Waals surface area contributed by atoms with Crippen LogP contribution >= 0.6 is 0 Å². The van der Waals surface area contributed by atoms with Gasteiger partial charge in [-0.2, -0.15) is 0 Å². The van der Waals surface area contributed by atoms with Crippen molar-refractivity contribution in [1.29, 1.82) is 0 Å². The Hall–Kier alpha value is -5.06. The number of benzene rings is 4. The van der Waals surface area contributed by atoms with Crippen LogP contribution in [-0.2, 0) is 21.6 Å². The minimum absolute atomic E-state index is 0.191. The molecule has 0 spiro atoms. The molecular weight excluding hydrogens is 589 g/mol. The van der Waals surface area contributed by atoms with Gasteiger partial charge in [-0.1, -0.05) is 72.2 Å². The summed E-state index contributed by atoms with van der Waals surface area (Å²) in [5.41, 5.74) is 3.63. The molecule has 2 aliphatic rings. The second-order valence-electron chi connectivity index (χ2n) is 9.10. The van der Waals surface area contributed by atoms with Crippen molar-refractivity contribution in [2.75, 3.05) is 36.1 Å². The topological polar surface area (TPSA) is 81.1 Å². The van der Waals surface area contributed by atoms with Crippen LogP contribution in [0, 0.1) is 47.4 Å². The molecule has 6 nitrogen and oxygen atoms in total. The van der Waals surface area contributed by atoms with Gasteiger partial charge >= 0.3 is 0 Å². The zero-order valence-electron chi connectivity index (χ0n) is 23.5. The fourth-order valence-electron chi connectivity index (χ4n) is 4.68. The van der Waals surface area contributed by atoms with Crippen LogP contribution in [0.2, 0.25) is 0 Å². The van der Waals surface area contributed by atoms with Crippen molar-refractivity contribution in [2.24, 2.45) is 0 Å². The Balaban J connectivity index is 0.000000175. The number of anilines is 4. The molecule has 44 heavy (non-hydrogen) atoms. The molecule has 8 heteroatoms. The third-order valence-electron chi connectivity index (χ3n) is 6.53. The number of aliphatic hydroxyl groups excluding tert-OH is 2. The normalized spacial score (nSPS) is 12.3. The predicted octanol–water partition coefficient (Wildman–Crippen LogP) is 4.61. The van der Waals surface area contributed by atoms with E-state index in [1.165, 1.54) is 0 Å². The number of para-hydroxylation sites is 4. The first-order valence-electron chi connectivity index (χ1n) is 13.5. The highest BCUT2D eigenvalue weighted by atomic mass is 32.2. The summed E-state index contributed by atoms with van der Waals surface area (Å²) >= 11 is 0. The third-order valence-corrected chi connectivity index (χ3v) is 9.51. The molecule has 4 aromatic rings. The smallest absolute Gasteiger partial charge is 0.105 e. The second kappa shape index (κ2) is 14.9. The van der Waals surface area contributed by atoms with E-state index >= 15 is 0 Å². The average Bonchev–Trinajstić information content (AvgIpc) is 3.07. The third kappa shape index (κ3) is 6.61. The minimum Gasteiger partial charge on any atom is -0.384 e. The lowest BCUT2D eigenvalue weighted by Gasteiger charge is -2.30. The molecule has 2 heterocycles. The first-order valence-corrected chi connectivity index (χ1v) is 15.8. The largest absolute Gasteiger partial charge is 0.384 e.